The van der Waals surface area contributed by atoms with Crippen molar-refractivity contribution in [2.45, 2.75) is 77.6 Å². The standard InChI is InChI=1S/C30H37NO6/c1-4-9-19-17-20(18-25(36-6-3)30(19)37-16-5-2)27-28-21(10-7-12-23(28)32)31(15-14-26(34)35)22-11-8-13-24(33)29(22)27/h4,17-18,27H,1,5-16H2,2-3H3,(H,34,35). The van der Waals surface area contributed by atoms with Gasteiger partial charge in [0.25, 0.3) is 0 Å². The molecule has 1 heterocycles. The molecule has 1 aliphatic heterocycles. The fourth-order valence-corrected chi connectivity index (χ4v) is 5.82. The summed E-state index contributed by atoms with van der Waals surface area (Å²) in [7, 11) is 0. The molecular formula is C30H37NO6. The van der Waals surface area contributed by atoms with Crippen LogP contribution in [-0.2, 0) is 20.8 Å². The van der Waals surface area contributed by atoms with Crippen LogP contribution < -0.4 is 9.47 Å². The minimum Gasteiger partial charge on any atom is -0.490 e. The molecule has 7 nitrogen and oxygen atoms in total. The highest BCUT2D eigenvalue weighted by atomic mass is 16.5. The summed E-state index contributed by atoms with van der Waals surface area (Å²) in [5, 5.41) is 9.39. The van der Waals surface area contributed by atoms with Gasteiger partial charge in [-0.1, -0.05) is 19.1 Å². The van der Waals surface area contributed by atoms with Crippen molar-refractivity contribution in [2.75, 3.05) is 19.8 Å². The molecule has 2 aliphatic carbocycles. The zero-order valence-electron chi connectivity index (χ0n) is 21.9. The van der Waals surface area contributed by atoms with Crippen molar-refractivity contribution in [3.05, 3.63) is 58.5 Å². The van der Waals surface area contributed by atoms with Gasteiger partial charge in [0.1, 0.15) is 0 Å². The third kappa shape index (κ3) is 5.36. The quantitative estimate of drug-likeness (QED) is 0.396. The van der Waals surface area contributed by atoms with Crippen LogP contribution in [0.1, 0.15) is 82.3 Å². The van der Waals surface area contributed by atoms with Crippen LogP contribution in [0.5, 0.6) is 11.5 Å². The van der Waals surface area contributed by atoms with Crippen LogP contribution in [-0.4, -0.2) is 47.3 Å². The molecule has 0 saturated heterocycles. The second-order valence-electron chi connectivity index (χ2n) is 9.78. The first-order chi connectivity index (χ1) is 17.9. The van der Waals surface area contributed by atoms with E-state index in [2.05, 4.69) is 6.58 Å². The molecule has 37 heavy (non-hydrogen) atoms. The first kappa shape index (κ1) is 26.7. The fraction of sp³-hybridized carbons (Fsp3) is 0.500. The molecular weight excluding hydrogens is 470 g/mol. The third-order valence-electron chi connectivity index (χ3n) is 7.24. The first-order valence-electron chi connectivity index (χ1n) is 13.5. The van der Waals surface area contributed by atoms with E-state index in [0.29, 0.717) is 68.0 Å². The van der Waals surface area contributed by atoms with Crippen molar-refractivity contribution in [3.63, 3.8) is 0 Å². The number of hydrogen-bond donors (Lipinski definition) is 1. The Morgan fingerprint density at radius 3 is 2.24 bits per heavy atom. The number of ketones is 2. The van der Waals surface area contributed by atoms with E-state index in [9.17, 15) is 19.5 Å². The monoisotopic (exact) mass is 507 g/mol. The van der Waals surface area contributed by atoms with Crippen molar-refractivity contribution < 1.29 is 29.0 Å². The number of benzene rings is 1. The van der Waals surface area contributed by atoms with Crippen molar-refractivity contribution in [1.29, 1.82) is 0 Å². The third-order valence-corrected chi connectivity index (χ3v) is 7.24. The lowest BCUT2D eigenvalue weighted by Crippen LogP contribution is -2.40. The summed E-state index contributed by atoms with van der Waals surface area (Å²) < 4.78 is 12.1. The normalized spacial score (nSPS) is 18.1. The number of Topliss-reactive ketones (excluding diaryl/α,β-unsaturated/α-hetero) is 2. The average molecular weight is 508 g/mol. The van der Waals surface area contributed by atoms with Gasteiger partial charge in [0.2, 0.25) is 0 Å². The number of aliphatic carboxylic acids is 1. The van der Waals surface area contributed by atoms with Gasteiger partial charge in [-0.3, -0.25) is 14.4 Å². The summed E-state index contributed by atoms with van der Waals surface area (Å²) in [6.45, 7) is 9.14. The van der Waals surface area contributed by atoms with E-state index >= 15 is 0 Å². The Hall–Kier alpha value is -3.35. The number of ether oxygens (including phenoxy) is 2. The van der Waals surface area contributed by atoms with Crippen LogP contribution in [0.3, 0.4) is 0 Å². The molecule has 0 bridgehead atoms. The highest BCUT2D eigenvalue weighted by Gasteiger charge is 2.43. The number of nitrogens with zero attached hydrogens (tertiary/aromatic N) is 1. The van der Waals surface area contributed by atoms with E-state index in [4.69, 9.17) is 9.47 Å². The highest BCUT2D eigenvalue weighted by Crippen LogP contribution is 2.50. The fourth-order valence-electron chi connectivity index (χ4n) is 5.82. The van der Waals surface area contributed by atoms with Crippen molar-refractivity contribution in [2.24, 2.45) is 0 Å². The Morgan fingerprint density at radius 2 is 1.70 bits per heavy atom. The van der Waals surface area contributed by atoms with Gasteiger partial charge in [-0.05, 0) is 57.1 Å². The van der Waals surface area contributed by atoms with Gasteiger partial charge < -0.3 is 19.5 Å². The molecule has 1 aromatic rings. The lowest BCUT2D eigenvalue weighted by molar-refractivity contribution is -0.137. The predicted molar refractivity (Wildman–Crippen MR) is 141 cm³/mol. The summed E-state index contributed by atoms with van der Waals surface area (Å²) in [5.74, 6) is -0.0328. The van der Waals surface area contributed by atoms with Gasteiger partial charge in [0.05, 0.1) is 19.6 Å². The van der Waals surface area contributed by atoms with Gasteiger partial charge in [-0.15, -0.1) is 6.58 Å². The Morgan fingerprint density at radius 1 is 1.05 bits per heavy atom. The molecule has 1 aromatic carbocycles. The topological polar surface area (TPSA) is 93.1 Å². The van der Waals surface area contributed by atoms with E-state index < -0.39 is 11.9 Å². The Labute approximate surface area is 218 Å². The van der Waals surface area contributed by atoms with Crippen LogP contribution in [0.4, 0.5) is 0 Å². The largest absolute Gasteiger partial charge is 0.490 e. The Bertz CT molecular complexity index is 1120. The van der Waals surface area contributed by atoms with E-state index in [0.717, 1.165) is 41.8 Å². The summed E-state index contributed by atoms with van der Waals surface area (Å²) in [6.07, 6.45) is 6.85. The molecule has 0 fully saturated rings. The second-order valence-corrected chi connectivity index (χ2v) is 9.78. The van der Waals surface area contributed by atoms with E-state index in [1.165, 1.54) is 0 Å². The van der Waals surface area contributed by atoms with Crippen LogP contribution in [0, 0.1) is 0 Å². The van der Waals surface area contributed by atoms with Gasteiger partial charge in [0.15, 0.2) is 23.1 Å². The molecule has 0 atom stereocenters. The number of allylic oxidation sites excluding steroid dienone is 5. The Balaban J connectivity index is 1.94. The first-order valence-corrected chi connectivity index (χ1v) is 13.5. The van der Waals surface area contributed by atoms with E-state index in [-0.39, 0.29) is 24.5 Å². The van der Waals surface area contributed by atoms with Crippen molar-refractivity contribution in [1.82, 2.24) is 4.90 Å². The van der Waals surface area contributed by atoms with Crippen LogP contribution in [0.2, 0.25) is 0 Å². The number of hydrogen-bond acceptors (Lipinski definition) is 6. The summed E-state index contributed by atoms with van der Waals surface area (Å²) in [6, 6.07) is 3.96. The van der Waals surface area contributed by atoms with Crippen LogP contribution in [0.15, 0.2) is 47.3 Å². The molecule has 0 amide bonds. The number of rotatable bonds is 11. The van der Waals surface area contributed by atoms with Crippen LogP contribution in [0.25, 0.3) is 0 Å². The SMILES string of the molecule is C=CCc1cc(C2C3=C(CCCC3=O)N(CCC(=O)O)C3=C2C(=O)CCC3)cc(OCC)c1OCCC. The van der Waals surface area contributed by atoms with Gasteiger partial charge in [-0.2, -0.15) is 0 Å². The van der Waals surface area contributed by atoms with E-state index in [1.807, 2.05) is 37.0 Å². The molecule has 198 valence electrons. The van der Waals surface area contributed by atoms with Gasteiger partial charge >= 0.3 is 5.97 Å². The molecule has 7 heteroatoms. The minimum absolute atomic E-state index is 0.0334. The second kappa shape index (κ2) is 11.8. The lowest BCUT2D eigenvalue weighted by atomic mass is 9.70. The molecule has 0 saturated carbocycles. The molecule has 0 spiro atoms. The van der Waals surface area contributed by atoms with Gasteiger partial charge in [0, 0.05) is 53.4 Å². The molecule has 1 N–H and O–H groups in total. The van der Waals surface area contributed by atoms with E-state index in [1.54, 1.807) is 0 Å². The Kier molecular flexibility index (Phi) is 8.52. The summed E-state index contributed by atoms with van der Waals surface area (Å²) in [4.78, 5) is 40.4. The maximum absolute atomic E-state index is 13.5. The number of carbonyl (C=O) groups is 3. The molecule has 4 rings (SSSR count). The molecule has 0 aromatic heterocycles. The smallest absolute Gasteiger partial charge is 0.305 e. The molecule has 0 unspecified atom stereocenters. The van der Waals surface area contributed by atoms with Crippen molar-refractivity contribution in [3.8, 4) is 11.5 Å². The summed E-state index contributed by atoms with van der Waals surface area (Å²) >= 11 is 0. The highest BCUT2D eigenvalue weighted by molar-refractivity contribution is 6.06. The predicted octanol–water partition coefficient (Wildman–Crippen LogP) is 5.49. The van der Waals surface area contributed by atoms with Gasteiger partial charge in [-0.25, -0.2) is 0 Å². The number of carboxylic acid groups (broad SMARTS) is 1. The van der Waals surface area contributed by atoms with Crippen LogP contribution >= 0.6 is 0 Å². The maximum Gasteiger partial charge on any atom is 0.305 e. The number of carboxylic acids is 1. The number of carbonyl (C=O) groups excluding carboxylic acids is 2. The maximum atomic E-state index is 13.5. The zero-order valence-corrected chi connectivity index (χ0v) is 21.9. The summed E-state index contributed by atoms with van der Waals surface area (Å²) in [5.41, 5.74) is 4.79. The lowest BCUT2D eigenvalue weighted by Gasteiger charge is -2.44. The molecule has 3 aliphatic rings. The minimum atomic E-state index is -0.895. The zero-order chi connectivity index (χ0) is 26.5. The molecule has 0 radical (unpaired) electrons. The average Bonchev–Trinajstić information content (AvgIpc) is 2.87. The van der Waals surface area contributed by atoms with Crippen molar-refractivity contribution >= 4 is 17.5 Å².